The number of phenolic OH excluding ortho intramolecular Hbond substituents is 1. The summed E-state index contributed by atoms with van der Waals surface area (Å²) < 4.78 is 27.1. The number of aromatic hydroxyl groups is 1. The smallest absolute Gasteiger partial charge is 0.338 e. The van der Waals surface area contributed by atoms with Gasteiger partial charge < -0.3 is 54.3 Å². The summed E-state index contributed by atoms with van der Waals surface area (Å²) in [5, 5.41) is 59.2. The summed E-state index contributed by atoms with van der Waals surface area (Å²) in [5.41, 5.74) is 0.579. The Morgan fingerprint density at radius 3 is 2.54 bits per heavy atom. The molecular weight excluding hydrogens is 496 g/mol. The van der Waals surface area contributed by atoms with Crippen molar-refractivity contribution in [2.75, 3.05) is 20.3 Å². The summed E-state index contributed by atoms with van der Waals surface area (Å²) in [6, 6.07) is 3.94. The summed E-state index contributed by atoms with van der Waals surface area (Å²) in [5.74, 6) is -3.36. The largest absolute Gasteiger partial charge is 0.504 e. The molecule has 0 spiro atoms. The van der Waals surface area contributed by atoms with Crippen molar-refractivity contribution in [2.45, 2.75) is 43.4 Å². The van der Waals surface area contributed by atoms with E-state index >= 15 is 0 Å². The Kier molecular flexibility index (Phi) is 8.02. The third-order valence-corrected chi connectivity index (χ3v) is 6.67. The molecule has 2 heterocycles. The Bertz CT molecular complexity index is 1080. The highest BCUT2D eigenvalue weighted by molar-refractivity contribution is 5.90. The minimum atomic E-state index is -1.69. The van der Waals surface area contributed by atoms with Gasteiger partial charge >= 0.3 is 11.9 Å². The molecule has 1 fully saturated rings. The van der Waals surface area contributed by atoms with E-state index in [1.54, 1.807) is 6.08 Å². The van der Waals surface area contributed by atoms with Crippen LogP contribution in [0.5, 0.6) is 11.5 Å². The number of carbonyl (C=O) groups is 2. The molecule has 0 bridgehead atoms. The van der Waals surface area contributed by atoms with Crippen LogP contribution in [0.15, 0.2) is 41.7 Å². The molecule has 4 rings (SSSR count). The van der Waals surface area contributed by atoms with E-state index in [9.17, 15) is 40.2 Å². The maximum absolute atomic E-state index is 12.6. The van der Waals surface area contributed by atoms with Crippen LogP contribution in [-0.4, -0.2) is 99.9 Å². The van der Waals surface area contributed by atoms with E-state index in [2.05, 4.69) is 0 Å². The lowest BCUT2D eigenvalue weighted by atomic mass is 9.83. The Hall–Kier alpha value is -3.20. The monoisotopic (exact) mass is 524 g/mol. The molecule has 13 heteroatoms. The van der Waals surface area contributed by atoms with Crippen molar-refractivity contribution in [1.29, 1.82) is 0 Å². The molecule has 8 atom stereocenters. The highest BCUT2D eigenvalue weighted by Gasteiger charge is 2.49. The van der Waals surface area contributed by atoms with Crippen LogP contribution < -0.4 is 4.74 Å². The number of hydrogen-bond donors (Lipinski definition) is 6. The maximum Gasteiger partial charge on any atom is 0.338 e. The average molecular weight is 524 g/mol. The number of methoxy groups -OCH3 is 1. The summed E-state index contributed by atoms with van der Waals surface area (Å²) in [6.07, 6.45) is -5.89. The number of carbonyl (C=O) groups excluding carboxylic acids is 1. The fourth-order valence-electron chi connectivity index (χ4n) is 4.65. The predicted molar refractivity (Wildman–Crippen MR) is 120 cm³/mol. The molecule has 1 saturated heterocycles. The molecule has 3 aliphatic rings. The van der Waals surface area contributed by atoms with Crippen LogP contribution >= 0.6 is 0 Å². The minimum Gasteiger partial charge on any atom is -0.504 e. The van der Waals surface area contributed by atoms with Gasteiger partial charge in [0.1, 0.15) is 31.0 Å². The lowest BCUT2D eigenvalue weighted by Crippen LogP contribution is -2.60. The van der Waals surface area contributed by atoms with Crippen LogP contribution in [-0.2, 0) is 23.7 Å². The van der Waals surface area contributed by atoms with Crippen molar-refractivity contribution in [3.63, 3.8) is 0 Å². The van der Waals surface area contributed by atoms with Crippen molar-refractivity contribution in [1.82, 2.24) is 0 Å². The van der Waals surface area contributed by atoms with Gasteiger partial charge in [0, 0.05) is 5.92 Å². The first kappa shape index (κ1) is 26.9. The zero-order valence-electron chi connectivity index (χ0n) is 19.7. The first-order valence-corrected chi connectivity index (χ1v) is 11.4. The number of fused-ring (bicyclic) bond motifs is 1. The van der Waals surface area contributed by atoms with Gasteiger partial charge in [0.2, 0.25) is 6.29 Å². The van der Waals surface area contributed by atoms with E-state index in [0.717, 1.165) is 6.26 Å². The van der Waals surface area contributed by atoms with Gasteiger partial charge in [-0.2, -0.15) is 0 Å². The van der Waals surface area contributed by atoms with Crippen LogP contribution in [0, 0.1) is 11.8 Å². The number of esters is 1. The van der Waals surface area contributed by atoms with E-state index in [4.69, 9.17) is 23.7 Å². The minimum absolute atomic E-state index is 0.0282. The van der Waals surface area contributed by atoms with E-state index in [-0.39, 0.29) is 35.7 Å². The highest BCUT2D eigenvalue weighted by atomic mass is 16.8. The summed E-state index contributed by atoms with van der Waals surface area (Å²) in [6.45, 7) is -0.900. The molecule has 0 aromatic heterocycles. The average Bonchev–Trinajstić information content (AvgIpc) is 3.32. The molecule has 1 aliphatic carbocycles. The zero-order chi connectivity index (χ0) is 26.9. The molecule has 37 heavy (non-hydrogen) atoms. The number of phenols is 1. The van der Waals surface area contributed by atoms with Crippen LogP contribution in [0.2, 0.25) is 0 Å². The van der Waals surface area contributed by atoms with E-state index in [1.165, 1.54) is 25.3 Å². The summed E-state index contributed by atoms with van der Waals surface area (Å²) in [4.78, 5) is 24.4. The van der Waals surface area contributed by atoms with Crippen molar-refractivity contribution in [3.8, 4) is 11.5 Å². The topological polar surface area (TPSA) is 202 Å². The van der Waals surface area contributed by atoms with Crippen molar-refractivity contribution in [3.05, 3.63) is 47.2 Å². The number of ether oxygens (including phenoxy) is 5. The normalized spacial score (nSPS) is 33.0. The van der Waals surface area contributed by atoms with Crippen molar-refractivity contribution < 1.29 is 63.9 Å². The van der Waals surface area contributed by atoms with Gasteiger partial charge in [-0.15, -0.1) is 0 Å². The Morgan fingerprint density at radius 2 is 1.86 bits per heavy atom. The Morgan fingerprint density at radius 1 is 1.11 bits per heavy atom. The number of benzene rings is 1. The Balaban J connectivity index is 1.50. The third kappa shape index (κ3) is 5.28. The van der Waals surface area contributed by atoms with Gasteiger partial charge in [-0.25, -0.2) is 9.59 Å². The number of hydrogen-bond acceptors (Lipinski definition) is 12. The molecule has 6 N–H and O–H groups in total. The molecule has 1 aromatic carbocycles. The van der Waals surface area contributed by atoms with Gasteiger partial charge in [0.25, 0.3) is 0 Å². The number of aliphatic carboxylic acids is 1. The third-order valence-electron chi connectivity index (χ3n) is 6.67. The van der Waals surface area contributed by atoms with Gasteiger partial charge in [-0.05, 0) is 30.2 Å². The van der Waals surface area contributed by atoms with Crippen molar-refractivity contribution >= 4 is 11.9 Å². The first-order valence-electron chi connectivity index (χ1n) is 11.4. The van der Waals surface area contributed by atoms with Crippen LogP contribution in [0.3, 0.4) is 0 Å². The van der Waals surface area contributed by atoms with Gasteiger partial charge in [-0.1, -0.05) is 6.08 Å². The molecule has 0 amide bonds. The summed E-state index contributed by atoms with van der Waals surface area (Å²) in [7, 11) is 1.33. The van der Waals surface area contributed by atoms with Gasteiger partial charge in [0.05, 0.1) is 37.0 Å². The maximum atomic E-state index is 12.6. The molecule has 13 nitrogen and oxygen atoms in total. The van der Waals surface area contributed by atoms with E-state index in [0.29, 0.717) is 5.57 Å². The second-order valence-corrected chi connectivity index (χ2v) is 8.83. The van der Waals surface area contributed by atoms with Gasteiger partial charge in [-0.3, -0.25) is 0 Å². The molecule has 0 unspecified atom stereocenters. The summed E-state index contributed by atoms with van der Waals surface area (Å²) >= 11 is 0. The van der Waals surface area contributed by atoms with E-state index in [1.807, 2.05) is 0 Å². The molecule has 2 aliphatic heterocycles. The quantitative estimate of drug-likeness (QED) is 0.184. The van der Waals surface area contributed by atoms with Crippen LogP contribution in [0.1, 0.15) is 16.8 Å². The lowest BCUT2D eigenvalue weighted by Gasteiger charge is -2.42. The predicted octanol–water partition coefficient (Wildman–Crippen LogP) is -0.739. The highest BCUT2D eigenvalue weighted by Crippen LogP contribution is 2.44. The van der Waals surface area contributed by atoms with Crippen LogP contribution in [0.4, 0.5) is 0 Å². The number of rotatable bonds is 8. The fraction of sp³-hybridized carbons (Fsp3) is 0.500. The number of aliphatic hydroxyl groups excluding tert-OH is 4. The standard InChI is InChI=1S/C24H28O13/c1-33-15-6-10(3-5-14(15)26)22(32)34-8-11-2-4-12-13(21(30)31)9-35-23(17(11)12)37-24-20(29)19(28)18(27)16(7-25)36-24/h2-3,5-6,9,12,16-20,23-29H,4,7-8H2,1H3,(H,30,31)/t12-,16+,17-,18+,19-,20+,23-,24+/m0/s1. The number of aliphatic hydroxyl groups is 4. The first-order chi connectivity index (χ1) is 17.7. The van der Waals surface area contributed by atoms with E-state index < -0.39 is 67.4 Å². The second-order valence-electron chi connectivity index (χ2n) is 8.83. The molecule has 202 valence electrons. The molecule has 0 saturated carbocycles. The number of carboxylic acid groups (broad SMARTS) is 1. The molecule has 0 radical (unpaired) electrons. The Labute approximate surface area is 210 Å². The van der Waals surface area contributed by atoms with Crippen LogP contribution in [0.25, 0.3) is 0 Å². The number of carboxylic acids is 1. The van der Waals surface area contributed by atoms with Crippen molar-refractivity contribution in [2.24, 2.45) is 11.8 Å². The SMILES string of the molecule is COc1cc(C(=O)OCC2=CC[C@H]3C(C(=O)O)=CO[C@@H](O[C@H]4O[C@H](CO)[C@@H](O)[C@H](O)[C@H]4O)[C@@H]23)ccc1O. The fourth-order valence-corrected chi connectivity index (χ4v) is 4.65. The molecule has 1 aromatic rings. The molecular formula is C24H28O13. The zero-order valence-corrected chi connectivity index (χ0v) is 19.7. The second kappa shape index (κ2) is 11.0. The van der Waals surface area contributed by atoms with Gasteiger partial charge in [0.15, 0.2) is 17.8 Å². The number of allylic oxidation sites excluding steroid dienone is 1. The lowest BCUT2D eigenvalue weighted by molar-refractivity contribution is -0.339.